The summed E-state index contributed by atoms with van der Waals surface area (Å²) in [6.45, 7) is 0. The van der Waals surface area contributed by atoms with Gasteiger partial charge in [-0.3, -0.25) is 0 Å². The van der Waals surface area contributed by atoms with Crippen LogP contribution in [0.1, 0.15) is 51.4 Å². The van der Waals surface area contributed by atoms with Crippen LogP contribution in [0.3, 0.4) is 0 Å². The normalized spacial score (nSPS) is 13.1. The predicted octanol–water partition coefficient (Wildman–Crippen LogP) is 5.19. The molecule has 0 amide bonds. The van der Waals surface area contributed by atoms with Crippen LogP contribution in [0.2, 0.25) is 0 Å². The Morgan fingerprint density at radius 3 is 1.71 bits per heavy atom. The van der Waals surface area contributed by atoms with E-state index in [1.54, 1.807) is 0 Å². The summed E-state index contributed by atoms with van der Waals surface area (Å²) in [4.78, 5) is 0. The summed E-state index contributed by atoms with van der Waals surface area (Å²) in [5.74, 6) is 1.39. The van der Waals surface area contributed by atoms with Crippen LogP contribution < -0.4 is 0 Å². The van der Waals surface area contributed by atoms with Gasteiger partial charge in [0, 0.05) is 17.1 Å². The van der Waals surface area contributed by atoms with Crippen LogP contribution in [0.4, 0.5) is 0 Å². The second kappa shape index (κ2) is 11.9. The second-order valence-corrected chi connectivity index (χ2v) is 5.01. The molecule has 86 valence electrons. The maximum Gasteiger partial charge on any atom is 0.0471 e. The number of hydrogen-bond donors (Lipinski definition) is 0. The standard InChI is InChI=1S/C11H21Cl3/c12-9-7-5-3-1-2-4-6-8-11(14)10-13/h11H,1-10H2. The molecule has 0 aromatic rings. The first-order valence-corrected chi connectivity index (χ1v) is 7.07. The maximum atomic E-state index is 5.90. The van der Waals surface area contributed by atoms with Gasteiger partial charge in [0.2, 0.25) is 0 Å². The molecule has 0 aromatic heterocycles. The molecule has 0 aliphatic carbocycles. The minimum atomic E-state index is 0.174. The number of unbranched alkanes of at least 4 members (excludes halogenated alkanes) is 6. The largest absolute Gasteiger partial charge is 0.127 e. The number of halogens is 3. The molecule has 0 aliphatic heterocycles. The highest BCUT2D eigenvalue weighted by Gasteiger charge is 2.00. The highest BCUT2D eigenvalue weighted by Crippen LogP contribution is 2.13. The Hall–Kier alpha value is 0.870. The second-order valence-electron chi connectivity index (χ2n) is 3.70. The van der Waals surface area contributed by atoms with Crippen LogP contribution in [0.5, 0.6) is 0 Å². The van der Waals surface area contributed by atoms with Crippen molar-refractivity contribution in [3.05, 3.63) is 0 Å². The molecule has 0 aromatic carbocycles. The fourth-order valence-electron chi connectivity index (χ4n) is 1.42. The average molecular weight is 260 g/mol. The summed E-state index contributed by atoms with van der Waals surface area (Å²) >= 11 is 17.1. The van der Waals surface area contributed by atoms with E-state index in [2.05, 4.69) is 0 Å². The molecular formula is C11H21Cl3. The Morgan fingerprint density at radius 2 is 1.21 bits per heavy atom. The smallest absolute Gasteiger partial charge is 0.0471 e. The molecule has 0 fully saturated rings. The first-order valence-electron chi connectivity index (χ1n) is 5.57. The molecule has 3 heteroatoms. The molecule has 0 N–H and O–H groups in total. The number of rotatable bonds is 10. The van der Waals surface area contributed by atoms with Crippen LogP contribution in [0, 0.1) is 0 Å². The van der Waals surface area contributed by atoms with Gasteiger partial charge in [0.25, 0.3) is 0 Å². The first kappa shape index (κ1) is 14.9. The molecular weight excluding hydrogens is 238 g/mol. The van der Waals surface area contributed by atoms with Crippen LogP contribution in [-0.2, 0) is 0 Å². The van der Waals surface area contributed by atoms with Gasteiger partial charge in [-0.15, -0.1) is 34.8 Å². The van der Waals surface area contributed by atoms with Crippen molar-refractivity contribution < 1.29 is 0 Å². The van der Waals surface area contributed by atoms with Crippen LogP contribution in [-0.4, -0.2) is 17.1 Å². The molecule has 0 bridgehead atoms. The summed E-state index contributed by atoms with van der Waals surface area (Å²) in [6, 6.07) is 0. The van der Waals surface area contributed by atoms with E-state index in [1.807, 2.05) is 0 Å². The molecule has 0 rings (SSSR count). The zero-order valence-electron chi connectivity index (χ0n) is 8.78. The van der Waals surface area contributed by atoms with E-state index in [0.29, 0.717) is 5.88 Å². The monoisotopic (exact) mass is 258 g/mol. The molecule has 0 saturated heterocycles. The SMILES string of the molecule is ClCCCCCCCCCC(Cl)CCl. The minimum Gasteiger partial charge on any atom is -0.127 e. The Kier molecular flexibility index (Phi) is 12.7. The summed E-state index contributed by atoms with van der Waals surface area (Å²) in [5.41, 5.74) is 0. The van der Waals surface area contributed by atoms with Crippen molar-refractivity contribution in [2.75, 3.05) is 11.8 Å². The Labute approximate surface area is 103 Å². The Bertz CT molecular complexity index is 107. The number of hydrogen-bond acceptors (Lipinski definition) is 0. The van der Waals surface area contributed by atoms with Gasteiger partial charge in [-0.1, -0.05) is 38.5 Å². The lowest BCUT2D eigenvalue weighted by Crippen LogP contribution is -1.99. The van der Waals surface area contributed by atoms with Crippen molar-refractivity contribution in [2.24, 2.45) is 0 Å². The topological polar surface area (TPSA) is 0 Å². The molecule has 0 nitrogen and oxygen atoms in total. The average Bonchev–Trinajstić information content (AvgIpc) is 2.21. The molecule has 1 unspecified atom stereocenters. The summed E-state index contributed by atoms with van der Waals surface area (Å²) in [7, 11) is 0. The van der Waals surface area contributed by atoms with E-state index in [9.17, 15) is 0 Å². The highest BCUT2D eigenvalue weighted by molar-refractivity contribution is 6.28. The zero-order chi connectivity index (χ0) is 10.6. The van der Waals surface area contributed by atoms with Crippen molar-refractivity contribution >= 4 is 34.8 Å². The molecule has 0 heterocycles. The van der Waals surface area contributed by atoms with Crippen LogP contribution >= 0.6 is 34.8 Å². The molecule has 14 heavy (non-hydrogen) atoms. The summed E-state index contributed by atoms with van der Waals surface area (Å²) in [6.07, 6.45) is 10.0. The third-order valence-electron chi connectivity index (χ3n) is 2.32. The van der Waals surface area contributed by atoms with E-state index >= 15 is 0 Å². The lowest BCUT2D eigenvalue weighted by Gasteiger charge is -2.04. The van der Waals surface area contributed by atoms with Gasteiger partial charge in [0.1, 0.15) is 0 Å². The van der Waals surface area contributed by atoms with E-state index in [0.717, 1.165) is 18.7 Å². The van der Waals surface area contributed by atoms with E-state index < -0.39 is 0 Å². The molecule has 1 atom stereocenters. The summed E-state index contributed by atoms with van der Waals surface area (Å²) in [5, 5.41) is 0.174. The molecule has 0 saturated carbocycles. The molecule has 0 aliphatic rings. The quantitative estimate of drug-likeness (QED) is 0.374. The van der Waals surface area contributed by atoms with Gasteiger partial charge < -0.3 is 0 Å². The lowest BCUT2D eigenvalue weighted by atomic mass is 10.1. The van der Waals surface area contributed by atoms with E-state index in [-0.39, 0.29) is 5.38 Å². The van der Waals surface area contributed by atoms with Gasteiger partial charge in [0.15, 0.2) is 0 Å². The Morgan fingerprint density at radius 1 is 0.714 bits per heavy atom. The van der Waals surface area contributed by atoms with Crippen molar-refractivity contribution in [3.63, 3.8) is 0 Å². The van der Waals surface area contributed by atoms with E-state index in [4.69, 9.17) is 34.8 Å². The fraction of sp³-hybridized carbons (Fsp3) is 1.00. The van der Waals surface area contributed by atoms with Crippen LogP contribution in [0.25, 0.3) is 0 Å². The predicted molar refractivity (Wildman–Crippen MR) is 68.0 cm³/mol. The minimum absolute atomic E-state index is 0.174. The third kappa shape index (κ3) is 10.9. The molecule has 0 radical (unpaired) electrons. The zero-order valence-corrected chi connectivity index (χ0v) is 11.1. The van der Waals surface area contributed by atoms with Crippen molar-refractivity contribution in [2.45, 2.75) is 56.7 Å². The van der Waals surface area contributed by atoms with Crippen molar-refractivity contribution in [1.29, 1.82) is 0 Å². The summed E-state index contributed by atoms with van der Waals surface area (Å²) < 4.78 is 0. The first-order chi connectivity index (χ1) is 6.81. The highest BCUT2D eigenvalue weighted by atomic mass is 35.5. The van der Waals surface area contributed by atoms with Crippen molar-refractivity contribution in [1.82, 2.24) is 0 Å². The van der Waals surface area contributed by atoms with Crippen LogP contribution in [0.15, 0.2) is 0 Å². The maximum absolute atomic E-state index is 5.90. The third-order valence-corrected chi connectivity index (χ3v) is 3.49. The van der Waals surface area contributed by atoms with E-state index in [1.165, 1.54) is 38.5 Å². The Balaban J connectivity index is 2.92. The lowest BCUT2D eigenvalue weighted by molar-refractivity contribution is 0.575. The number of alkyl halides is 3. The van der Waals surface area contributed by atoms with Crippen molar-refractivity contribution in [3.8, 4) is 0 Å². The van der Waals surface area contributed by atoms with Gasteiger partial charge >= 0.3 is 0 Å². The molecule has 0 spiro atoms. The van der Waals surface area contributed by atoms with Gasteiger partial charge in [-0.2, -0.15) is 0 Å². The van der Waals surface area contributed by atoms with Gasteiger partial charge in [-0.25, -0.2) is 0 Å². The van der Waals surface area contributed by atoms with Gasteiger partial charge in [-0.05, 0) is 12.8 Å². The fourth-order valence-corrected chi connectivity index (χ4v) is 1.92. The van der Waals surface area contributed by atoms with Gasteiger partial charge in [0.05, 0.1) is 0 Å².